The fourth-order valence-electron chi connectivity index (χ4n) is 3.03. The normalized spacial score (nSPS) is 19.5. The number of aromatic nitrogens is 2. The molecule has 4 N–H and O–H groups in total. The molecule has 3 rings (SSSR count). The predicted octanol–water partition coefficient (Wildman–Crippen LogP) is 0.954. The Morgan fingerprint density at radius 3 is 2.52 bits per heavy atom. The van der Waals surface area contributed by atoms with Crippen molar-refractivity contribution in [2.45, 2.75) is 25.3 Å². The molecule has 1 saturated carbocycles. The maximum atomic E-state index is 12.4. The average Bonchev–Trinajstić information content (AvgIpc) is 3.22. The largest absolute Gasteiger partial charge is 0.481 e. The van der Waals surface area contributed by atoms with E-state index in [-0.39, 0.29) is 17.4 Å². The van der Waals surface area contributed by atoms with Crippen LogP contribution in [0.5, 0.6) is 0 Å². The number of nitrogens with two attached hydrogens (primary N) is 1. The molecule has 0 spiro atoms. The van der Waals surface area contributed by atoms with Crippen molar-refractivity contribution in [3.63, 3.8) is 0 Å². The van der Waals surface area contributed by atoms with Crippen molar-refractivity contribution in [1.82, 2.24) is 15.1 Å². The molecule has 1 heterocycles. The number of nitrogens with zero attached hydrogens (tertiary/aromatic N) is 2. The van der Waals surface area contributed by atoms with Crippen LogP contribution >= 0.6 is 0 Å². The summed E-state index contributed by atoms with van der Waals surface area (Å²) in [5, 5.41) is 16.0. The van der Waals surface area contributed by atoms with E-state index in [1.165, 1.54) is 10.7 Å². The van der Waals surface area contributed by atoms with Crippen molar-refractivity contribution in [1.29, 1.82) is 0 Å². The summed E-state index contributed by atoms with van der Waals surface area (Å²) in [6, 6.07) is 10.0. The van der Waals surface area contributed by atoms with E-state index in [2.05, 4.69) is 10.4 Å². The van der Waals surface area contributed by atoms with Gasteiger partial charge in [-0.25, -0.2) is 4.68 Å². The van der Waals surface area contributed by atoms with Gasteiger partial charge in [0, 0.05) is 12.1 Å². The van der Waals surface area contributed by atoms with E-state index in [9.17, 15) is 14.4 Å². The zero-order valence-electron chi connectivity index (χ0n) is 13.4. The van der Waals surface area contributed by atoms with Crippen LogP contribution < -0.4 is 11.1 Å². The molecule has 1 aliphatic carbocycles. The number of nitrogens with one attached hydrogen (secondary N) is 1. The molecule has 0 unspecified atom stereocenters. The van der Waals surface area contributed by atoms with Gasteiger partial charge in [-0.3, -0.25) is 14.4 Å². The molecule has 0 bridgehead atoms. The van der Waals surface area contributed by atoms with E-state index < -0.39 is 23.7 Å². The van der Waals surface area contributed by atoms with Crippen LogP contribution in [0.3, 0.4) is 0 Å². The average molecular weight is 342 g/mol. The predicted molar refractivity (Wildman–Crippen MR) is 88.3 cm³/mol. The molecule has 8 nitrogen and oxygen atoms in total. The lowest BCUT2D eigenvalue weighted by atomic mass is 10.1. The SMILES string of the molecule is NC(=O)c1cc(C(=O)N[C@H]2CC[C@@H](C(=O)O)C2)nn1-c1ccccc1. The van der Waals surface area contributed by atoms with Gasteiger partial charge in [0.1, 0.15) is 5.69 Å². The summed E-state index contributed by atoms with van der Waals surface area (Å²) >= 11 is 0. The minimum Gasteiger partial charge on any atom is -0.481 e. The van der Waals surface area contributed by atoms with Gasteiger partial charge in [-0.1, -0.05) is 18.2 Å². The summed E-state index contributed by atoms with van der Waals surface area (Å²) in [4.78, 5) is 35.1. The second-order valence-corrected chi connectivity index (χ2v) is 6.05. The number of rotatable bonds is 5. The molecular formula is C17H18N4O4. The fraction of sp³-hybridized carbons (Fsp3) is 0.294. The summed E-state index contributed by atoms with van der Waals surface area (Å²) in [6.07, 6.45) is 1.53. The van der Waals surface area contributed by atoms with Crippen molar-refractivity contribution in [3.05, 3.63) is 47.8 Å². The third-order valence-electron chi connectivity index (χ3n) is 4.31. The molecule has 1 aromatic heterocycles. The van der Waals surface area contributed by atoms with Crippen LogP contribution in [0.15, 0.2) is 36.4 Å². The van der Waals surface area contributed by atoms with E-state index in [1.807, 2.05) is 6.07 Å². The van der Waals surface area contributed by atoms with Gasteiger partial charge < -0.3 is 16.2 Å². The summed E-state index contributed by atoms with van der Waals surface area (Å²) in [5.74, 6) is -2.43. The van der Waals surface area contributed by atoms with Crippen LogP contribution in [-0.2, 0) is 4.79 Å². The van der Waals surface area contributed by atoms with Crippen molar-refractivity contribution in [3.8, 4) is 5.69 Å². The number of primary amides is 1. The fourth-order valence-corrected chi connectivity index (χ4v) is 3.03. The second-order valence-electron chi connectivity index (χ2n) is 6.05. The van der Waals surface area contributed by atoms with Crippen LogP contribution in [0.1, 0.15) is 40.2 Å². The van der Waals surface area contributed by atoms with Crippen LogP contribution in [-0.4, -0.2) is 38.7 Å². The Kier molecular flexibility index (Phi) is 4.51. The number of aliphatic carboxylic acids is 1. The van der Waals surface area contributed by atoms with Crippen molar-refractivity contribution < 1.29 is 19.5 Å². The van der Waals surface area contributed by atoms with E-state index >= 15 is 0 Å². The maximum Gasteiger partial charge on any atom is 0.306 e. The molecule has 2 aromatic rings. The number of carbonyl (C=O) groups excluding carboxylic acids is 2. The summed E-state index contributed by atoms with van der Waals surface area (Å²) in [6.45, 7) is 0. The first kappa shape index (κ1) is 16.7. The summed E-state index contributed by atoms with van der Waals surface area (Å²) in [5.41, 5.74) is 6.17. The highest BCUT2D eigenvalue weighted by molar-refractivity contribution is 5.97. The minimum atomic E-state index is -0.846. The van der Waals surface area contributed by atoms with Gasteiger partial charge >= 0.3 is 5.97 Å². The zero-order chi connectivity index (χ0) is 18.0. The Bertz CT molecular complexity index is 815. The van der Waals surface area contributed by atoms with Crippen molar-refractivity contribution >= 4 is 17.8 Å². The number of carboxylic acids is 1. The summed E-state index contributed by atoms with van der Waals surface area (Å²) in [7, 11) is 0. The molecule has 2 atom stereocenters. The molecule has 2 amide bonds. The topological polar surface area (TPSA) is 127 Å². The first-order valence-electron chi connectivity index (χ1n) is 7.94. The van der Waals surface area contributed by atoms with Crippen LogP contribution in [0.4, 0.5) is 0 Å². The number of carbonyl (C=O) groups is 3. The van der Waals surface area contributed by atoms with Crippen molar-refractivity contribution in [2.75, 3.05) is 0 Å². The van der Waals surface area contributed by atoms with Gasteiger partial charge in [0.25, 0.3) is 11.8 Å². The summed E-state index contributed by atoms with van der Waals surface area (Å²) < 4.78 is 1.33. The van der Waals surface area contributed by atoms with E-state index in [0.717, 1.165) is 0 Å². The molecule has 1 aliphatic rings. The Morgan fingerprint density at radius 2 is 1.92 bits per heavy atom. The number of hydrogen-bond acceptors (Lipinski definition) is 4. The van der Waals surface area contributed by atoms with Crippen LogP contribution in [0.2, 0.25) is 0 Å². The Morgan fingerprint density at radius 1 is 1.20 bits per heavy atom. The molecule has 0 aliphatic heterocycles. The van der Waals surface area contributed by atoms with Gasteiger partial charge in [0.05, 0.1) is 11.6 Å². The zero-order valence-corrected chi connectivity index (χ0v) is 13.4. The van der Waals surface area contributed by atoms with Crippen molar-refractivity contribution in [2.24, 2.45) is 11.7 Å². The lowest BCUT2D eigenvalue weighted by molar-refractivity contribution is -0.141. The van der Waals surface area contributed by atoms with E-state index in [4.69, 9.17) is 10.8 Å². The molecule has 1 fully saturated rings. The number of benzene rings is 1. The lowest BCUT2D eigenvalue weighted by Gasteiger charge is -2.10. The monoisotopic (exact) mass is 342 g/mol. The number of amides is 2. The number of para-hydroxylation sites is 1. The molecule has 1 aromatic carbocycles. The molecular weight excluding hydrogens is 324 g/mol. The molecule has 8 heteroatoms. The van der Waals surface area contributed by atoms with Gasteiger partial charge in [0.15, 0.2) is 5.69 Å². The van der Waals surface area contributed by atoms with E-state index in [0.29, 0.717) is 24.9 Å². The number of carboxylic acid groups (broad SMARTS) is 1. The highest BCUT2D eigenvalue weighted by atomic mass is 16.4. The first-order chi connectivity index (χ1) is 12.0. The molecule has 130 valence electrons. The molecule has 25 heavy (non-hydrogen) atoms. The quantitative estimate of drug-likeness (QED) is 0.745. The maximum absolute atomic E-state index is 12.4. The highest BCUT2D eigenvalue weighted by Gasteiger charge is 2.31. The smallest absolute Gasteiger partial charge is 0.306 e. The Labute approximate surface area is 143 Å². The highest BCUT2D eigenvalue weighted by Crippen LogP contribution is 2.26. The first-order valence-corrected chi connectivity index (χ1v) is 7.94. The Balaban J connectivity index is 1.80. The van der Waals surface area contributed by atoms with Gasteiger partial charge in [-0.2, -0.15) is 5.10 Å². The van der Waals surface area contributed by atoms with E-state index in [1.54, 1.807) is 24.3 Å². The van der Waals surface area contributed by atoms with Gasteiger partial charge in [0.2, 0.25) is 0 Å². The number of hydrogen-bond donors (Lipinski definition) is 3. The minimum absolute atomic E-state index is 0.0661. The van der Waals surface area contributed by atoms with Crippen LogP contribution in [0, 0.1) is 5.92 Å². The van der Waals surface area contributed by atoms with Crippen LogP contribution in [0.25, 0.3) is 5.69 Å². The van der Waals surface area contributed by atoms with Gasteiger partial charge in [-0.05, 0) is 31.4 Å². The molecule has 0 saturated heterocycles. The lowest BCUT2D eigenvalue weighted by Crippen LogP contribution is -2.33. The third-order valence-corrected chi connectivity index (χ3v) is 4.31. The molecule has 0 radical (unpaired) electrons. The third kappa shape index (κ3) is 3.52. The Hall–Kier alpha value is -3.16. The standard InChI is InChI=1S/C17H18N4O4/c18-15(22)14-9-13(20-21(14)12-4-2-1-3-5-12)16(23)19-11-7-6-10(8-11)17(24)25/h1-5,9-11H,6-8H2,(H2,18,22)(H,19,23)(H,24,25)/t10-,11+/m1/s1. The van der Waals surface area contributed by atoms with Gasteiger partial charge in [-0.15, -0.1) is 0 Å². The second kappa shape index (κ2) is 6.76.